The lowest BCUT2D eigenvalue weighted by Crippen LogP contribution is -2.21. The number of aromatic amines is 2. The third-order valence-corrected chi connectivity index (χ3v) is 11.8. The number of nitrogens with one attached hydrogen (secondary N) is 4. The Hall–Kier alpha value is -5.40. The number of halogens is 2. The zero-order valence-corrected chi connectivity index (χ0v) is 35.1. The molecule has 4 N–H and O–H groups in total. The molecule has 312 valence electrons. The highest BCUT2D eigenvalue weighted by molar-refractivity contribution is 6.34. The van der Waals surface area contributed by atoms with Crippen molar-refractivity contribution in [1.29, 1.82) is 0 Å². The third-order valence-electron chi connectivity index (χ3n) is 11.2. The number of likely N-dealkylation sites (tertiary alicyclic amines) is 2. The highest BCUT2D eigenvalue weighted by Crippen LogP contribution is 2.24. The standard InChI is InChI=1S/2C23H25ClN4O2/c24-22-20-14-18(9-10-19(20)23(30)27-26-22)25-15-16-5-7-17(8-6-16)21(29)4-3-13-28-11-1-2-12-28;24-22-19-10-9-18(14-20(19)23(30)27-26-22)25-15-16-5-7-17(8-6-16)21(29)4-3-13-28-11-1-2-12-28/h2*5-10,14,25H,1-4,11-13,15H2,(H,27,30). The number of anilines is 2. The molecule has 2 saturated heterocycles. The number of ketones is 2. The van der Waals surface area contributed by atoms with Crippen LogP contribution in [0.2, 0.25) is 10.3 Å². The number of benzene rings is 4. The maximum absolute atomic E-state index is 12.4. The number of H-pyrrole nitrogens is 2. The second-order valence-corrected chi connectivity index (χ2v) is 16.2. The molecule has 14 heteroatoms. The fraction of sp³-hybridized carbons (Fsp3) is 0.348. The maximum Gasteiger partial charge on any atom is 0.272 e. The quantitative estimate of drug-likeness (QED) is 0.0697. The number of carbonyl (C=O) groups is 2. The van der Waals surface area contributed by atoms with E-state index in [1.807, 2.05) is 66.7 Å². The van der Waals surface area contributed by atoms with Crippen LogP contribution < -0.4 is 21.8 Å². The lowest BCUT2D eigenvalue weighted by atomic mass is 10.0. The maximum atomic E-state index is 12.4. The first-order valence-electron chi connectivity index (χ1n) is 20.7. The number of hydrogen-bond acceptors (Lipinski definition) is 10. The van der Waals surface area contributed by atoms with Crippen molar-refractivity contribution in [1.82, 2.24) is 30.2 Å². The molecule has 0 bridgehead atoms. The van der Waals surface area contributed by atoms with Crippen molar-refractivity contribution < 1.29 is 9.59 Å². The lowest BCUT2D eigenvalue weighted by molar-refractivity contribution is 0.0968. The summed E-state index contributed by atoms with van der Waals surface area (Å²) < 4.78 is 0. The van der Waals surface area contributed by atoms with Gasteiger partial charge in [-0.2, -0.15) is 10.2 Å². The summed E-state index contributed by atoms with van der Waals surface area (Å²) in [4.78, 5) is 53.5. The molecule has 0 spiro atoms. The van der Waals surface area contributed by atoms with Gasteiger partial charge in [-0.1, -0.05) is 71.7 Å². The van der Waals surface area contributed by atoms with Crippen LogP contribution >= 0.6 is 23.2 Å². The monoisotopic (exact) mass is 848 g/mol. The Morgan fingerprint density at radius 2 is 0.967 bits per heavy atom. The number of aromatic nitrogens is 4. The molecule has 12 nitrogen and oxygen atoms in total. The van der Waals surface area contributed by atoms with Gasteiger partial charge in [-0.3, -0.25) is 19.2 Å². The second kappa shape index (κ2) is 20.7. The molecule has 0 amide bonds. The Labute approximate surface area is 358 Å². The van der Waals surface area contributed by atoms with Crippen LogP contribution in [0.25, 0.3) is 21.5 Å². The van der Waals surface area contributed by atoms with Crippen LogP contribution in [-0.4, -0.2) is 81.0 Å². The minimum atomic E-state index is -0.273. The molecule has 4 heterocycles. The van der Waals surface area contributed by atoms with E-state index in [0.29, 0.717) is 47.5 Å². The summed E-state index contributed by atoms with van der Waals surface area (Å²) in [6.07, 6.45) is 8.16. The summed E-state index contributed by atoms with van der Waals surface area (Å²) in [5.41, 5.74) is 4.79. The van der Waals surface area contributed by atoms with E-state index in [1.165, 1.54) is 51.9 Å². The van der Waals surface area contributed by atoms with Crippen molar-refractivity contribution in [2.75, 3.05) is 49.9 Å². The van der Waals surface area contributed by atoms with Gasteiger partial charge in [0.2, 0.25) is 0 Å². The molecular weight excluding hydrogens is 799 g/mol. The van der Waals surface area contributed by atoms with Crippen molar-refractivity contribution in [2.45, 2.75) is 64.5 Å². The van der Waals surface area contributed by atoms with Gasteiger partial charge >= 0.3 is 0 Å². The van der Waals surface area contributed by atoms with Crippen LogP contribution in [-0.2, 0) is 13.1 Å². The molecule has 6 aromatic rings. The van der Waals surface area contributed by atoms with Gasteiger partial charge in [0.25, 0.3) is 11.1 Å². The Morgan fingerprint density at radius 1 is 0.550 bits per heavy atom. The molecule has 0 atom stereocenters. The van der Waals surface area contributed by atoms with E-state index in [4.69, 9.17) is 23.2 Å². The van der Waals surface area contributed by atoms with E-state index in [2.05, 4.69) is 40.8 Å². The van der Waals surface area contributed by atoms with Crippen LogP contribution in [0.4, 0.5) is 11.4 Å². The van der Waals surface area contributed by atoms with Gasteiger partial charge in [0.05, 0.1) is 10.8 Å². The van der Waals surface area contributed by atoms with E-state index >= 15 is 0 Å². The van der Waals surface area contributed by atoms with Gasteiger partial charge in [0, 0.05) is 59.2 Å². The van der Waals surface area contributed by atoms with Crippen molar-refractivity contribution in [3.05, 3.63) is 138 Å². The fourth-order valence-corrected chi connectivity index (χ4v) is 8.14. The minimum absolute atomic E-state index is 0.202. The van der Waals surface area contributed by atoms with Gasteiger partial charge < -0.3 is 20.4 Å². The second-order valence-electron chi connectivity index (χ2n) is 15.5. The summed E-state index contributed by atoms with van der Waals surface area (Å²) in [6, 6.07) is 26.3. The van der Waals surface area contributed by atoms with E-state index in [1.54, 1.807) is 18.2 Å². The van der Waals surface area contributed by atoms with Crippen molar-refractivity contribution >= 4 is 67.7 Å². The van der Waals surface area contributed by atoms with Gasteiger partial charge in [0.1, 0.15) is 0 Å². The smallest absolute Gasteiger partial charge is 0.272 e. The number of carbonyl (C=O) groups excluding carboxylic acids is 2. The van der Waals surface area contributed by atoms with Crippen LogP contribution in [0.15, 0.2) is 94.5 Å². The molecule has 0 radical (unpaired) electrons. The molecule has 60 heavy (non-hydrogen) atoms. The molecule has 2 aromatic heterocycles. The Kier molecular flexibility index (Phi) is 14.8. The first-order valence-corrected chi connectivity index (χ1v) is 21.5. The zero-order valence-electron chi connectivity index (χ0n) is 33.6. The number of fused-ring (bicyclic) bond motifs is 2. The van der Waals surface area contributed by atoms with Crippen LogP contribution in [0, 0.1) is 0 Å². The van der Waals surface area contributed by atoms with Crippen LogP contribution in [0.1, 0.15) is 83.2 Å². The van der Waals surface area contributed by atoms with E-state index in [-0.39, 0.29) is 33.0 Å². The summed E-state index contributed by atoms with van der Waals surface area (Å²) in [7, 11) is 0. The highest BCUT2D eigenvalue weighted by atomic mass is 35.5. The molecular formula is C46H50Cl2N8O4. The number of Topliss-reactive ketones (excluding diaryl/α,β-unsaturated/α-hetero) is 2. The predicted molar refractivity (Wildman–Crippen MR) is 241 cm³/mol. The van der Waals surface area contributed by atoms with E-state index < -0.39 is 0 Å². The molecule has 2 fully saturated rings. The van der Waals surface area contributed by atoms with Gasteiger partial charge in [-0.05, 0) is 125 Å². The Morgan fingerprint density at radius 3 is 1.45 bits per heavy atom. The Balaban J connectivity index is 0.000000181. The molecule has 8 rings (SSSR count). The summed E-state index contributed by atoms with van der Waals surface area (Å²) in [6.45, 7) is 7.92. The van der Waals surface area contributed by atoms with E-state index in [9.17, 15) is 19.2 Å². The molecule has 2 aliphatic rings. The Bertz CT molecular complexity index is 2530. The first kappa shape index (κ1) is 42.7. The van der Waals surface area contributed by atoms with Crippen LogP contribution in [0.3, 0.4) is 0 Å². The fourth-order valence-electron chi connectivity index (χ4n) is 7.74. The van der Waals surface area contributed by atoms with Crippen molar-refractivity contribution in [3.63, 3.8) is 0 Å². The van der Waals surface area contributed by atoms with Gasteiger partial charge in [-0.15, -0.1) is 0 Å². The summed E-state index contributed by atoms with van der Waals surface area (Å²) in [5.74, 6) is 0.406. The van der Waals surface area contributed by atoms with Crippen molar-refractivity contribution in [2.24, 2.45) is 0 Å². The summed E-state index contributed by atoms with van der Waals surface area (Å²) >= 11 is 12.1. The lowest BCUT2D eigenvalue weighted by Gasteiger charge is -2.13. The number of nitrogens with zero attached hydrogens (tertiary/aromatic N) is 4. The topological polar surface area (TPSA) is 156 Å². The van der Waals surface area contributed by atoms with E-state index in [0.717, 1.165) is 59.6 Å². The predicted octanol–water partition coefficient (Wildman–Crippen LogP) is 8.49. The largest absolute Gasteiger partial charge is 0.381 e. The van der Waals surface area contributed by atoms with Gasteiger partial charge in [-0.25, -0.2) is 10.2 Å². The average molecular weight is 850 g/mol. The van der Waals surface area contributed by atoms with Gasteiger partial charge in [0.15, 0.2) is 21.9 Å². The molecule has 0 saturated carbocycles. The average Bonchev–Trinajstić information content (AvgIpc) is 4.01. The zero-order chi connectivity index (χ0) is 41.8. The first-order chi connectivity index (χ1) is 29.2. The SMILES string of the molecule is O=C(CCCN1CCCC1)c1ccc(CNc2ccc3c(=O)[nH]nc(Cl)c3c2)cc1.O=C(CCCN1CCCC1)c1ccc(CNc2ccc3c(Cl)n[nH]c(=O)c3c2)cc1. The van der Waals surface area contributed by atoms with Crippen LogP contribution in [0.5, 0.6) is 0 Å². The number of rotatable bonds is 16. The molecule has 2 aliphatic heterocycles. The van der Waals surface area contributed by atoms with Crippen molar-refractivity contribution in [3.8, 4) is 0 Å². The third kappa shape index (κ3) is 11.4. The number of hydrogen-bond donors (Lipinski definition) is 4. The molecule has 0 aliphatic carbocycles. The summed E-state index contributed by atoms with van der Waals surface area (Å²) in [5, 5.41) is 21.7. The molecule has 4 aromatic carbocycles. The highest BCUT2D eigenvalue weighted by Gasteiger charge is 2.14. The normalized spacial score (nSPS) is 14.3. The minimum Gasteiger partial charge on any atom is -0.381 e. The molecule has 0 unspecified atom stereocenters.